The van der Waals surface area contributed by atoms with Gasteiger partial charge in [-0.3, -0.25) is 0 Å². The normalized spacial score (nSPS) is 10.4. The lowest BCUT2D eigenvalue weighted by Crippen LogP contribution is -2.04. The quantitative estimate of drug-likeness (QED) is 0.809. The van der Waals surface area contributed by atoms with Gasteiger partial charge in [0.2, 0.25) is 11.0 Å². The van der Waals surface area contributed by atoms with Gasteiger partial charge in [0.15, 0.2) is 6.33 Å². The number of rotatable bonds is 4. The molecule has 0 saturated heterocycles. The Morgan fingerprint density at radius 1 is 1.57 bits per heavy atom. The minimum atomic E-state index is 0.624. The van der Waals surface area contributed by atoms with E-state index in [-0.39, 0.29) is 0 Å². The summed E-state index contributed by atoms with van der Waals surface area (Å²) in [5.74, 6) is 1.41. The third-order valence-electron chi connectivity index (χ3n) is 1.55. The average Bonchev–Trinajstić information content (AvgIpc) is 2.77. The summed E-state index contributed by atoms with van der Waals surface area (Å²) in [7, 11) is 0. The number of anilines is 1. The standard InChI is InChI=1S/C7H9N5OS/c1-5-11-7(14-12-5)8-3-2-6-9-4-10-13-6/h4H,2-3H2,1H3,(H,8,11,12). The Labute approximate surface area is 84.5 Å². The van der Waals surface area contributed by atoms with Gasteiger partial charge in [-0.1, -0.05) is 5.16 Å². The van der Waals surface area contributed by atoms with Crippen LogP contribution < -0.4 is 5.32 Å². The second-order valence-electron chi connectivity index (χ2n) is 2.66. The Balaban J connectivity index is 1.78. The molecule has 14 heavy (non-hydrogen) atoms. The fourth-order valence-corrected chi connectivity index (χ4v) is 1.55. The van der Waals surface area contributed by atoms with E-state index < -0.39 is 0 Å². The fraction of sp³-hybridized carbons (Fsp3) is 0.429. The molecule has 0 aromatic carbocycles. The van der Waals surface area contributed by atoms with Crippen LogP contribution in [0.4, 0.5) is 5.13 Å². The SMILES string of the molecule is Cc1nsc(NCCc2ncno2)n1. The van der Waals surface area contributed by atoms with Crippen LogP contribution >= 0.6 is 11.5 Å². The molecule has 0 aliphatic carbocycles. The van der Waals surface area contributed by atoms with Crippen molar-refractivity contribution in [3.05, 3.63) is 18.0 Å². The molecule has 0 radical (unpaired) electrons. The summed E-state index contributed by atoms with van der Waals surface area (Å²) in [4.78, 5) is 8.06. The third kappa shape index (κ3) is 2.25. The van der Waals surface area contributed by atoms with Crippen molar-refractivity contribution in [2.75, 3.05) is 11.9 Å². The molecular formula is C7H9N5OS. The van der Waals surface area contributed by atoms with E-state index in [9.17, 15) is 0 Å². The number of aryl methyl sites for hydroxylation is 1. The van der Waals surface area contributed by atoms with Crippen molar-refractivity contribution in [1.29, 1.82) is 0 Å². The highest BCUT2D eigenvalue weighted by Gasteiger charge is 2.01. The molecule has 2 aromatic rings. The predicted octanol–water partition coefficient (Wildman–Crippen LogP) is 0.884. The van der Waals surface area contributed by atoms with E-state index in [2.05, 4.69) is 24.8 Å². The van der Waals surface area contributed by atoms with Crippen LogP contribution in [-0.2, 0) is 6.42 Å². The minimum Gasteiger partial charge on any atom is -0.360 e. The van der Waals surface area contributed by atoms with Crippen LogP contribution in [0, 0.1) is 6.92 Å². The van der Waals surface area contributed by atoms with Gasteiger partial charge in [0.05, 0.1) is 0 Å². The topological polar surface area (TPSA) is 76.7 Å². The van der Waals surface area contributed by atoms with E-state index in [0.29, 0.717) is 12.3 Å². The summed E-state index contributed by atoms with van der Waals surface area (Å²) in [5, 5.41) is 7.45. The molecule has 2 aromatic heterocycles. The van der Waals surface area contributed by atoms with Crippen LogP contribution in [0.25, 0.3) is 0 Å². The van der Waals surface area contributed by atoms with E-state index in [0.717, 1.165) is 17.5 Å². The van der Waals surface area contributed by atoms with E-state index in [1.807, 2.05) is 6.92 Å². The number of hydrogen-bond donors (Lipinski definition) is 1. The molecule has 0 bridgehead atoms. The molecule has 2 rings (SSSR count). The van der Waals surface area contributed by atoms with Crippen LogP contribution in [0.1, 0.15) is 11.7 Å². The van der Waals surface area contributed by atoms with Crippen LogP contribution in [0.3, 0.4) is 0 Å². The highest BCUT2D eigenvalue weighted by Crippen LogP contribution is 2.09. The number of aromatic nitrogens is 4. The number of nitrogens with one attached hydrogen (secondary N) is 1. The van der Waals surface area contributed by atoms with Gasteiger partial charge in [0.25, 0.3) is 0 Å². The molecule has 7 heteroatoms. The smallest absolute Gasteiger partial charge is 0.228 e. The summed E-state index contributed by atoms with van der Waals surface area (Å²) < 4.78 is 8.89. The highest BCUT2D eigenvalue weighted by molar-refractivity contribution is 7.09. The monoisotopic (exact) mass is 211 g/mol. The number of nitrogens with zero attached hydrogens (tertiary/aromatic N) is 4. The molecule has 2 heterocycles. The second-order valence-corrected chi connectivity index (χ2v) is 3.41. The fourth-order valence-electron chi connectivity index (χ4n) is 0.951. The summed E-state index contributed by atoms with van der Waals surface area (Å²) >= 11 is 1.35. The van der Waals surface area contributed by atoms with Gasteiger partial charge < -0.3 is 9.84 Å². The number of hydrogen-bond acceptors (Lipinski definition) is 7. The molecule has 0 aliphatic heterocycles. The lowest BCUT2D eigenvalue weighted by Gasteiger charge is -1.96. The molecule has 0 amide bonds. The first-order valence-electron chi connectivity index (χ1n) is 4.14. The van der Waals surface area contributed by atoms with Crippen molar-refractivity contribution in [1.82, 2.24) is 19.5 Å². The van der Waals surface area contributed by atoms with Crippen molar-refractivity contribution in [3.63, 3.8) is 0 Å². The van der Waals surface area contributed by atoms with Gasteiger partial charge >= 0.3 is 0 Å². The maximum atomic E-state index is 4.84. The molecular weight excluding hydrogens is 202 g/mol. The molecule has 6 nitrogen and oxygen atoms in total. The van der Waals surface area contributed by atoms with E-state index >= 15 is 0 Å². The van der Waals surface area contributed by atoms with Crippen molar-refractivity contribution in [2.45, 2.75) is 13.3 Å². The van der Waals surface area contributed by atoms with Crippen LogP contribution in [0.2, 0.25) is 0 Å². The summed E-state index contributed by atoms with van der Waals surface area (Å²) in [5.41, 5.74) is 0. The van der Waals surface area contributed by atoms with Gasteiger partial charge in [0.1, 0.15) is 5.82 Å². The minimum absolute atomic E-state index is 0.624. The highest BCUT2D eigenvalue weighted by atomic mass is 32.1. The van der Waals surface area contributed by atoms with Gasteiger partial charge in [0, 0.05) is 24.5 Å². The third-order valence-corrected chi connectivity index (χ3v) is 2.31. The molecule has 0 fully saturated rings. The summed E-state index contributed by atoms with van der Waals surface area (Å²) in [6, 6.07) is 0. The van der Waals surface area contributed by atoms with Crippen molar-refractivity contribution in [2.24, 2.45) is 0 Å². The van der Waals surface area contributed by atoms with Crippen molar-refractivity contribution >= 4 is 16.7 Å². The summed E-state index contributed by atoms with van der Waals surface area (Å²) in [6.07, 6.45) is 2.09. The molecule has 0 atom stereocenters. The van der Waals surface area contributed by atoms with Gasteiger partial charge in [-0.2, -0.15) is 9.36 Å². The molecule has 0 unspecified atom stereocenters. The molecule has 0 aliphatic rings. The Kier molecular flexibility index (Phi) is 2.68. The average molecular weight is 211 g/mol. The zero-order valence-corrected chi connectivity index (χ0v) is 8.41. The van der Waals surface area contributed by atoms with Gasteiger partial charge in [-0.15, -0.1) is 0 Å². The summed E-state index contributed by atoms with van der Waals surface area (Å²) in [6.45, 7) is 2.58. The van der Waals surface area contributed by atoms with Gasteiger partial charge in [-0.25, -0.2) is 4.98 Å². The van der Waals surface area contributed by atoms with Crippen LogP contribution in [0.5, 0.6) is 0 Å². The van der Waals surface area contributed by atoms with E-state index in [1.54, 1.807) is 0 Å². The van der Waals surface area contributed by atoms with Gasteiger partial charge in [-0.05, 0) is 6.92 Å². The lowest BCUT2D eigenvalue weighted by atomic mass is 10.4. The molecule has 0 spiro atoms. The Morgan fingerprint density at radius 3 is 3.14 bits per heavy atom. The van der Waals surface area contributed by atoms with Crippen LogP contribution in [-0.4, -0.2) is 26.0 Å². The first kappa shape index (κ1) is 9.07. The largest absolute Gasteiger partial charge is 0.360 e. The lowest BCUT2D eigenvalue weighted by molar-refractivity contribution is 0.380. The van der Waals surface area contributed by atoms with E-state index in [4.69, 9.17) is 4.52 Å². The van der Waals surface area contributed by atoms with Crippen LogP contribution in [0.15, 0.2) is 10.9 Å². The first-order chi connectivity index (χ1) is 6.84. The molecule has 0 saturated carbocycles. The second kappa shape index (κ2) is 4.14. The zero-order valence-electron chi connectivity index (χ0n) is 7.60. The van der Waals surface area contributed by atoms with Crippen molar-refractivity contribution in [3.8, 4) is 0 Å². The molecule has 74 valence electrons. The predicted molar refractivity (Wildman–Crippen MR) is 51.1 cm³/mol. The Morgan fingerprint density at radius 2 is 2.50 bits per heavy atom. The van der Waals surface area contributed by atoms with Crippen molar-refractivity contribution < 1.29 is 4.52 Å². The maximum absolute atomic E-state index is 4.84. The van der Waals surface area contributed by atoms with E-state index in [1.165, 1.54) is 17.9 Å². The first-order valence-corrected chi connectivity index (χ1v) is 4.91. The zero-order chi connectivity index (χ0) is 9.80. The maximum Gasteiger partial charge on any atom is 0.228 e. The Bertz CT molecular complexity index is 384. The Hall–Kier alpha value is -1.50. The molecule has 1 N–H and O–H groups in total.